The Morgan fingerprint density at radius 1 is 1.50 bits per heavy atom. The molecule has 0 amide bonds. The zero-order valence-corrected chi connectivity index (χ0v) is 10.9. The number of hydrogen-bond acceptors (Lipinski definition) is 4. The van der Waals surface area contributed by atoms with Crippen LogP contribution >= 0.6 is 0 Å². The summed E-state index contributed by atoms with van der Waals surface area (Å²) in [5.74, 6) is 0.654. The van der Waals surface area contributed by atoms with Gasteiger partial charge in [0.1, 0.15) is 5.75 Å². The van der Waals surface area contributed by atoms with E-state index < -0.39 is 0 Å². The van der Waals surface area contributed by atoms with Gasteiger partial charge >= 0.3 is 5.97 Å². The van der Waals surface area contributed by atoms with Gasteiger partial charge in [-0.15, -0.1) is 0 Å². The van der Waals surface area contributed by atoms with Gasteiger partial charge in [-0.25, -0.2) is 0 Å². The van der Waals surface area contributed by atoms with Gasteiger partial charge in [-0.1, -0.05) is 25.1 Å². The van der Waals surface area contributed by atoms with E-state index in [0.29, 0.717) is 13.0 Å². The Labute approximate surface area is 107 Å². The number of para-hydroxylation sites is 1. The number of esters is 1. The maximum Gasteiger partial charge on any atom is 0.307 e. The Morgan fingerprint density at radius 3 is 3.00 bits per heavy atom. The first-order chi connectivity index (χ1) is 8.72. The Kier molecular flexibility index (Phi) is 3.87. The number of carbonyl (C=O) groups excluding carboxylic acids is 1. The van der Waals surface area contributed by atoms with Gasteiger partial charge < -0.3 is 14.8 Å². The van der Waals surface area contributed by atoms with E-state index in [2.05, 4.69) is 5.32 Å². The molecule has 0 radical (unpaired) electrons. The average molecular weight is 249 g/mol. The highest BCUT2D eigenvalue weighted by Gasteiger charge is 2.39. The molecule has 1 aliphatic rings. The number of fused-ring (bicyclic) bond motifs is 1. The molecule has 0 fully saturated rings. The minimum absolute atomic E-state index is 0.201. The number of ether oxygens (including phenoxy) is 2. The molecule has 1 atom stereocenters. The molecule has 1 unspecified atom stereocenters. The Morgan fingerprint density at radius 2 is 2.28 bits per heavy atom. The first kappa shape index (κ1) is 12.9. The molecule has 4 nitrogen and oxygen atoms in total. The molecule has 18 heavy (non-hydrogen) atoms. The number of rotatable bonds is 4. The van der Waals surface area contributed by atoms with Crippen LogP contribution in [0.2, 0.25) is 0 Å². The van der Waals surface area contributed by atoms with Crippen molar-refractivity contribution in [2.75, 3.05) is 20.3 Å². The standard InChI is InChI=1S/C14H19NO3/c1-3-15-14(10-13(16)17-2)8-9-18-12-7-5-4-6-11(12)14/h4-7,15H,3,8-10H2,1-2H3. The van der Waals surface area contributed by atoms with Crippen molar-refractivity contribution in [3.63, 3.8) is 0 Å². The molecule has 1 N–H and O–H groups in total. The Hall–Kier alpha value is -1.55. The lowest BCUT2D eigenvalue weighted by molar-refractivity contribution is -0.142. The van der Waals surface area contributed by atoms with E-state index in [0.717, 1.165) is 24.3 Å². The fourth-order valence-electron chi connectivity index (χ4n) is 2.54. The molecule has 0 aliphatic carbocycles. The maximum atomic E-state index is 11.7. The molecule has 1 aliphatic heterocycles. The van der Waals surface area contributed by atoms with E-state index in [4.69, 9.17) is 9.47 Å². The Balaban J connectivity index is 2.38. The second-order valence-electron chi connectivity index (χ2n) is 4.46. The summed E-state index contributed by atoms with van der Waals surface area (Å²) < 4.78 is 10.5. The van der Waals surface area contributed by atoms with Gasteiger partial charge in [0.2, 0.25) is 0 Å². The van der Waals surface area contributed by atoms with E-state index >= 15 is 0 Å². The molecule has 4 heteroatoms. The third-order valence-corrected chi connectivity index (χ3v) is 3.38. The lowest BCUT2D eigenvalue weighted by atomic mass is 9.81. The van der Waals surface area contributed by atoms with Crippen molar-refractivity contribution in [1.82, 2.24) is 5.32 Å². The van der Waals surface area contributed by atoms with Crippen LogP contribution in [-0.4, -0.2) is 26.2 Å². The molecule has 0 saturated heterocycles. The summed E-state index contributed by atoms with van der Waals surface area (Å²) in [7, 11) is 1.42. The summed E-state index contributed by atoms with van der Waals surface area (Å²) in [4.78, 5) is 11.7. The van der Waals surface area contributed by atoms with Crippen LogP contribution in [0, 0.1) is 0 Å². The summed E-state index contributed by atoms with van der Waals surface area (Å²) in [6.07, 6.45) is 1.10. The molecule has 1 heterocycles. The van der Waals surface area contributed by atoms with Crippen LogP contribution in [0.15, 0.2) is 24.3 Å². The van der Waals surface area contributed by atoms with Crippen LogP contribution in [0.4, 0.5) is 0 Å². The van der Waals surface area contributed by atoms with Gasteiger partial charge in [-0.2, -0.15) is 0 Å². The number of hydrogen-bond donors (Lipinski definition) is 1. The molecule has 0 aromatic heterocycles. The average Bonchev–Trinajstić information content (AvgIpc) is 2.39. The van der Waals surface area contributed by atoms with Crippen LogP contribution < -0.4 is 10.1 Å². The van der Waals surface area contributed by atoms with Crippen molar-refractivity contribution in [3.8, 4) is 5.75 Å². The molecule has 0 saturated carbocycles. The first-order valence-electron chi connectivity index (χ1n) is 6.26. The minimum Gasteiger partial charge on any atom is -0.493 e. The summed E-state index contributed by atoms with van der Waals surface area (Å²) in [6.45, 7) is 3.45. The Bertz CT molecular complexity index is 433. The van der Waals surface area contributed by atoms with Gasteiger partial charge in [0.05, 0.1) is 25.7 Å². The smallest absolute Gasteiger partial charge is 0.307 e. The van der Waals surface area contributed by atoms with E-state index in [1.807, 2.05) is 31.2 Å². The van der Waals surface area contributed by atoms with Crippen LogP contribution in [-0.2, 0) is 15.1 Å². The second-order valence-corrected chi connectivity index (χ2v) is 4.46. The highest BCUT2D eigenvalue weighted by Crippen LogP contribution is 2.39. The van der Waals surface area contributed by atoms with Crippen molar-refractivity contribution in [3.05, 3.63) is 29.8 Å². The van der Waals surface area contributed by atoms with Crippen molar-refractivity contribution < 1.29 is 14.3 Å². The van der Waals surface area contributed by atoms with Gasteiger partial charge in [0.15, 0.2) is 0 Å². The zero-order chi connectivity index (χ0) is 13.0. The van der Waals surface area contributed by atoms with E-state index in [-0.39, 0.29) is 11.5 Å². The van der Waals surface area contributed by atoms with E-state index in [1.165, 1.54) is 7.11 Å². The monoisotopic (exact) mass is 249 g/mol. The van der Waals surface area contributed by atoms with Crippen molar-refractivity contribution in [1.29, 1.82) is 0 Å². The summed E-state index contributed by atoms with van der Waals surface area (Å²) in [5, 5.41) is 3.44. The maximum absolute atomic E-state index is 11.7. The molecule has 1 aromatic rings. The molecule has 98 valence electrons. The predicted molar refractivity (Wildman–Crippen MR) is 68.5 cm³/mol. The molecule has 1 aromatic carbocycles. The topological polar surface area (TPSA) is 47.6 Å². The molecular formula is C14H19NO3. The fraction of sp³-hybridized carbons (Fsp3) is 0.500. The van der Waals surface area contributed by atoms with E-state index in [9.17, 15) is 4.79 Å². The van der Waals surface area contributed by atoms with Gasteiger partial charge in [-0.05, 0) is 12.6 Å². The van der Waals surface area contributed by atoms with Crippen LogP contribution in [0.5, 0.6) is 5.75 Å². The quantitative estimate of drug-likeness (QED) is 0.827. The SMILES string of the molecule is CCNC1(CC(=O)OC)CCOc2ccccc21. The highest BCUT2D eigenvalue weighted by molar-refractivity contribution is 5.71. The second kappa shape index (κ2) is 5.40. The number of benzene rings is 1. The number of nitrogens with one attached hydrogen (secondary N) is 1. The largest absolute Gasteiger partial charge is 0.493 e. The highest BCUT2D eigenvalue weighted by atomic mass is 16.5. The van der Waals surface area contributed by atoms with Crippen molar-refractivity contribution in [2.45, 2.75) is 25.3 Å². The van der Waals surface area contributed by atoms with Crippen LogP contribution in [0.1, 0.15) is 25.3 Å². The third kappa shape index (κ3) is 2.34. The third-order valence-electron chi connectivity index (χ3n) is 3.38. The first-order valence-corrected chi connectivity index (χ1v) is 6.26. The van der Waals surface area contributed by atoms with Gasteiger partial charge in [0, 0.05) is 12.0 Å². The lowest BCUT2D eigenvalue weighted by Crippen LogP contribution is -2.47. The molecular weight excluding hydrogens is 230 g/mol. The van der Waals surface area contributed by atoms with Gasteiger partial charge in [-0.3, -0.25) is 4.79 Å². The summed E-state index contributed by atoms with van der Waals surface area (Å²) in [5.41, 5.74) is 0.681. The van der Waals surface area contributed by atoms with Crippen molar-refractivity contribution >= 4 is 5.97 Å². The fourth-order valence-corrected chi connectivity index (χ4v) is 2.54. The lowest BCUT2D eigenvalue weighted by Gasteiger charge is -2.38. The summed E-state index contributed by atoms with van der Waals surface area (Å²) >= 11 is 0. The van der Waals surface area contributed by atoms with E-state index in [1.54, 1.807) is 0 Å². The predicted octanol–water partition coefficient (Wildman–Crippen LogP) is 1.84. The normalized spacial score (nSPS) is 21.9. The number of carbonyl (C=O) groups is 1. The van der Waals surface area contributed by atoms with Crippen LogP contribution in [0.25, 0.3) is 0 Å². The van der Waals surface area contributed by atoms with Crippen molar-refractivity contribution in [2.24, 2.45) is 0 Å². The van der Waals surface area contributed by atoms with Crippen LogP contribution in [0.3, 0.4) is 0 Å². The minimum atomic E-state index is -0.364. The molecule has 0 bridgehead atoms. The molecule has 0 spiro atoms. The summed E-state index contributed by atoms with van der Waals surface area (Å²) in [6, 6.07) is 7.87. The number of methoxy groups -OCH3 is 1. The molecule has 2 rings (SSSR count). The zero-order valence-electron chi connectivity index (χ0n) is 10.9. The van der Waals surface area contributed by atoms with Gasteiger partial charge in [0.25, 0.3) is 0 Å².